The highest BCUT2D eigenvalue weighted by Gasteiger charge is 2.15. The second kappa shape index (κ2) is 14.2. The standard InChI is InChI=1S/C33H21BrCl2N2O6/c34-31-27-4-2-1-3-20(27)10-16-28(31)42-19-30(39)38-37-18-23-9-15-26(43-32(40)21-5-11-24(35)12-6-21)17-29(23)44-33(41)22-7-13-25(36)14-8-22/h1-18H,19H2,(H,38,39)/b37-18-. The molecule has 0 aliphatic heterocycles. The quantitative estimate of drug-likeness (QED) is 0.0730. The number of amides is 1. The van der Waals surface area contributed by atoms with E-state index in [2.05, 4.69) is 26.5 Å². The van der Waals surface area contributed by atoms with Crippen molar-refractivity contribution >= 4 is 74.0 Å². The summed E-state index contributed by atoms with van der Waals surface area (Å²) in [7, 11) is 0. The molecule has 1 N–H and O–H groups in total. The number of hydrogen-bond acceptors (Lipinski definition) is 7. The van der Waals surface area contributed by atoms with Crippen LogP contribution in [0.3, 0.4) is 0 Å². The molecule has 0 unspecified atom stereocenters. The molecular weight excluding hydrogens is 671 g/mol. The lowest BCUT2D eigenvalue weighted by Crippen LogP contribution is -2.24. The Labute approximate surface area is 270 Å². The Bertz CT molecular complexity index is 1880. The number of carbonyl (C=O) groups is 3. The number of halogens is 3. The van der Waals surface area contributed by atoms with Gasteiger partial charge in [0, 0.05) is 21.7 Å². The summed E-state index contributed by atoms with van der Waals surface area (Å²) in [5, 5.41) is 6.89. The Morgan fingerprint density at radius 3 is 2.07 bits per heavy atom. The van der Waals surface area contributed by atoms with E-state index < -0.39 is 17.8 Å². The molecule has 0 radical (unpaired) electrons. The lowest BCUT2D eigenvalue weighted by atomic mass is 10.1. The predicted molar refractivity (Wildman–Crippen MR) is 172 cm³/mol. The van der Waals surface area contributed by atoms with Gasteiger partial charge in [-0.05, 0) is 93.4 Å². The zero-order chi connectivity index (χ0) is 31.1. The van der Waals surface area contributed by atoms with Crippen LogP contribution in [0.5, 0.6) is 17.2 Å². The van der Waals surface area contributed by atoms with E-state index in [-0.39, 0.29) is 29.2 Å². The van der Waals surface area contributed by atoms with Crippen LogP contribution in [0.15, 0.2) is 113 Å². The van der Waals surface area contributed by atoms with Crippen molar-refractivity contribution in [1.82, 2.24) is 5.43 Å². The summed E-state index contributed by atoms with van der Waals surface area (Å²) in [6.45, 7) is -0.299. The van der Waals surface area contributed by atoms with E-state index in [0.29, 0.717) is 21.4 Å². The van der Waals surface area contributed by atoms with Gasteiger partial charge in [-0.3, -0.25) is 4.79 Å². The van der Waals surface area contributed by atoms with Crippen molar-refractivity contribution in [2.24, 2.45) is 5.10 Å². The third-order valence-corrected chi connectivity index (χ3v) is 7.46. The molecule has 0 bridgehead atoms. The third-order valence-electron chi connectivity index (χ3n) is 6.14. The molecular formula is C33H21BrCl2N2O6. The Kier molecular flexibility index (Phi) is 9.91. The Morgan fingerprint density at radius 2 is 1.39 bits per heavy atom. The molecule has 11 heteroatoms. The molecule has 220 valence electrons. The first-order chi connectivity index (χ1) is 21.3. The highest BCUT2D eigenvalue weighted by atomic mass is 79.9. The number of rotatable bonds is 9. The summed E-state index contributed by atoms with van der Waals surface area (Å²) in [5.41, 5.74) is 3.22. The zero-order valence-electron chi connectivity index (χ0n) is 22.6. The Morgan fingerprint density at radius 1 is 0.750 bits per heavy atom. The fourth-order valence-corrected chi connectivity index (χ4v) is 4.80. The Balaban J connectivity index is 1.29. The van der Waals surface area contributed by atoms with Gasteiger partial charge in [0.15, 0.2) is 6.61 Å². The van der Waals surface area contributed by atoms with Gasteiger partial charge in [0.05, 0.1) is 21.8 Å². The van der Waals surface area contributed by atoms with Crippen molar-refractivity contribution in [1.29, 1.82) is 0 Å². The van der Waals surface area contributed by atoms with Crippen LogP contribution >= 0.6 is 39.1 Å². The molecule has 5 aromatic carbocycles. The largest absolute Gasteiger partial charge is 0.483 e. The monoisotopic (exact) mass is 690 g/mol. The number of ether oxygens (including phenoxy) is 3. The minimum absolute atomic E-state index is 0.0284. The predicted octanol–water partition coefficient (Wildman–Crippen LogP) is 7.88. The second-order valence-corrected chi connectivity index (χ2v) is 10.8. The molecule has 8 nitrogen and oxygen atoms in total. The maximum absolute atomic E-state index is 12.9. The molecule has 0 spiro atoms. The molecule has 0 aliphatic rings. The second-order valence-electron chi connectivity index (χ2n) is 9.17. The minimum atomic E-state index is -0.684. The Hall–Kier alpha value is -4.70. The van der Waals surface area contributed by atoms with E-state index in [9.17, 15) is 14.4 Å². The highest BCUT2D eigenvalue weighted by molar-refractivity contribution is 9.10. The van der Waals surface area contributed by atoms with Gasteiger partial charge in [-0.2, -0.15) is 5.10 Å². The molecule has 1 amide bonds. The van der Waals surface area contributed by atoms with Gasteiger partial charge in [-0.1, -0.05) is 53.5 Å². The van der Waals surface area contributed by atoms with Gasteiger partial charge < -0.3 is 14.2 Å². The molecule has 0 aliphatic carbocycles. The molecule has 0 fully saturated rings. The van der Waals surface area contributed by atoms with Gasteiger partial charge in [0.2, 0.25) is 0 Å². The smallest absolute Gasteiger partial charge is 0.343 e. The normalized spacial score (nSPS) is 10.9. The van der Waals surface area contributed by atoms with Crippen molar-refractivity contribution in [3.63, 3.8) is 0 Å². The summed E-state index contributed by atoms with van der Waals surface area (Å²) in [4.78, 5) is 37.9. The number of fused-ring (bicyclic) bond motifs is 1. The first kappa shape index (κ1) is 30.7. The van der Waals surface area contributed by atoms with Crippen LogP contribution < -0.4 is 19.6 Å². The molecule has 0 saturated heterocycles. The van der Waals surface area contributed by atoms with E-state index in [1.807, 2.05) is 30.3 Å². The van der Waals surface area contributed by atoms with Crippen LogP contribution in [-0.2, 0) is 4.79 Å². The van der Waals surface area contributed by atoms with Crippen molar-refractivity contribution in [3.05, 3.63) is 134 Å². The lowest BCUT2D eigenvalue weighted by Gasteiger charge is -2.11. The van der Waals surface area contributed by atoms with Crippen LogP contribution in [0.25, 0.3) is 10.8 Å². The SMILES string of the molecule is O=C(COc1ccc2ccccc2c1Br)N/N=C\c1ccc(OC(=O)c2ccc(Cl)cc2)cc1OC(=O)c1ccc(Cl)cc1. The average Bonchev–Trinajstić information content (AvgIpc) is 3.02. The van der Waals surface area contributed by atoms with E-state index in [1.165, 1.54) is 48.7 Å². The fourth-order valence-electron chi connectivity index (χ4n) is 3.94. The van der Waals surface area contributed by atoms with E-state index >= 15 is 0 Å². The number of hydrazone groups is 1. The van der Waals surface area contributed by atoms with Gasteiger partial charge in [-0.25, -0.2) is 15.0 Å². The molecule has 0 heterocycles. The number of hydrogen-bond donors (Lipinski definition) is 1. The molecule has 0 atom stereocenters. The molecule has 0 aromatic heterocycles. The summed E-state index contributed by atoms with van der Waals surface area (Å²) in [5.74, 6) is -1.20. The van der Waals surface area contributed by atoms with E-state index in [1.54, 1.807) is 30.3 Å². The number of esters is 2. The number of nitrogens with zero attached hydrogens (tertiary/aromatic N) is 1. The summed E-state index contributed by atoms with van der Waals surface area (Å²) in [6.07, 6.45) is 1.29. The molecule has 5 aromatic rings. The summed E-state index contributed by atoms with van der Waals surface area (Å²) < 4.78 is 17.5. The van der Waals surface area contributed by atoms with Crippen LogP contribution in [0.4, 0.5) is 0 Å². The fraction of sp³-hybridized carbons (Fsp3) is 0.0303. The maximum Gasteiger partial charge on any atom is 0.343 e. The minimum Gasteiger partial charge on any atom is -0.483 e. The van der Waals surface area contributed by atoms with Gasteiger partial charge in [-0.15, -0.1) is 0 Å². The number of nitrogens with one attached hydrogen (secondary N) is 1. The maximum atomic E-state index is 12.9. The van der Waals surface area contributed by atoms with Crippen LogP contribution in [0, 0.1) is 0 Å². The average molecular weight is 692 g/mol. The van der Waals surface area contributed by atoms with Crippen LogP contribution in [0.1, 0.15) is 26.3 Å². The molecule has 0 saturated carbocycles. The van der Waals surface area contributed by atoms with Crippen molar-refractivity contribution in [2.45, 2.75) is 0 Å². The summed E-state index contributed by atoms with van der Waals surface area (Å²) in [6, 6.07) is 28.1. The van der Waals surface area contributed by atoms with E-state index in [4.69, 9.17) is 37.4 Å². The third kappa shape index (κ3) is 7.82. The highest BCUT2D eigenvalue weighted by Crippen LogP contribution is 2.33. The van der Waals surface area contributed by atoms with Crippen molar-refractivity contribution < 1.29 is 28.6 Å². The summed E-state index contributed by atoms with van der Waals surface area (Å²) >= 11 is 15.4. The molecule has 5 rings (SSSR count). The lowest BCUT2D eigenvalue weighted by molar-refractivity contribution is -0.123. The van der Waals surface area contributed by atoms with Crippen molar-refractivity contribution in [2.75, 3.05) is 6.61 Å². The first-order valence-electron chi connectivity index (χ1n) is 13.0. The van der Waals surface area contributed by atoms with Gasteiger partial charge >= 0.3 is 11.9 Å². The number of carbonyl (C=O) groups excluding carboxylic acids is 3. The first-order valence-corrected chi connectivity index (χ1v) is 14.5. The molecule has 44 heavy (non-hydrogen) atoms. The van der Waals surface area contributed by atoms with Gasteiger partial charge in [0.25, 0.3) is 5.91 Å². The number of benzene rings is 5. The topological polar surface area (TPSA) is 103 Å². The van der Waals surface area contributed by atoms with Gasteiger partial charge in [0.1, 0.15) is 17.2 Å². The van der Waals surface area contributed by atoms with E-state index in [0.717, 1.165) is 15.2 Å². The van der Waals surface area contributed by atoms with Crippen LogP contribution in [-0.4, -0.2) is 30.7 Å². The zero-order valence-corrected chi connectivity index (χ0v) is 25.7. The van der Waals surface area contributed by atoms with Crippen molar-refractivity contribution in [3.8, 4) is 17.2 Å². The van der Waals surface area contributed by atoms with Crippen LogP contribution in [0.2, 0.25) is 10.0 Å².